The van der Waals surface area contributed by atoms with Gasteiger partial charge in [-0.05, 0) is 75.5 Å². The Morgan fingerprint density at radius 1 is 0.940 bits per heavy atom. The van der Waals surface area contributed by atoms with Crippen molar-refractivity contribution in [2.24, 2.45) is 22.7 Å². The van der Waals surface area contributed by atoms with Crippen molar-refractivity contribution < 1.29 is 32.4 Å². The van der Waals surface area contributed by atoms with Crippen LogP contribution >= 0.6 is 0 Å². The summed E-state index contributed by atoms with van der Waals surface area (Å²) in [4.78, 5) is 70.0. The molecule has 0 bridgehead atoms. The minimum Gasteiger partial charge on any atom is -0.346 e. The molecule has 0 radical (unpaired) electrons. The summed E-state index contributed by atoms with van der Waals surface area (Å²) < 4.78 is 25.8. The number of urea groups is 1. The lowest BCUT2D eigenvalue weighted by molar-refractivity contribution is -0.145. The van der Waals surface area contributed by atoms with Crippen molar-refractivity contribution >= 4 is 39.4 Å². The van der Waals surface area contributed by atoms with Crippen molar-refractivity contribution in [3.63, 3.8) is 0 Å². The molecule has 0 aromatic rings. The Labute approximate surface area is 299 Å². The first kappa shape index (κ1) is 39.8. The maximum atomic E-state index is 14.7. The van der Waals surface area contributed by atoms with Gasteiger partial charge in [0.1, 0.15) is 12.1 Å². The second-order valence-electron chi connectivity index (χ2n) is 17.2. The zero-order chi connectivity index (χ0) is 37.3. The Bertz CT molecular complexity index is 1440. The molecule has 12 nitrogen and oxygen atoms in total. The van der Waals surface area contributed by atoms with Crippen molar-refractivity contribution in [2.75, 3.05) is 18.8 Å². The highest BCUT2D eigenvalue weighted by molar-refractivity contribution is 7.92. The number of amides is 5. The molecule has 0 aromatic heterocycles. The number of piperidine rings is 1. The van der Waals surface area contributed by atoms with E-state index in [1.165, 1.54) is 6.08 Å². The van der Waals surface area contributed by atoms with Crippen LogP contribution in [-0.2, 0) is 29.0 Å². The van der Waals surface area contributed by atoms with Crippen LogP contribution in [0.1, 0.15) is 119 Å². The van der Waals surface area contributed by atoms with Crippen LogP contribution in [0, 0.1) is 22.7 Å². The molecular formula is C37H61N5O7S. The molecule has 4 rings (SSSR count). The third-order valence-corrected chi connectivity index (χ3v) is 15.0. The minimum atomic E-state index is -3.56. The summed E-state index contributed by atoms with van der Waals surface area (Å²) >= 11 is 0. The summed E-state index contributed by atoms with van der Waals surface area (Å²) in [6.07, 6.45) is 9.10. The van der Waals surface area contributed by atoms with Gasteiger partial charge in [-0.1, -0.05) is 72.3 Å². The van der Waals surface area contributed by atoms with Crippen LogP contribution in [0.15, 0.2) is 12.7 Å². The number of hydrogen-bond donors (Lipinski definition) is 4. The van der Waals surface area contributed by atoms with Gasteiger partial charge in [0.2, 0.25) is 17.6 Å². The van der Waals surface area contributed by atoms with Crippen LogP contribution in [0.4, 0.5) is 4.79 Å². The molecule has 4 aliphatic rings. The summed E-state index contributed by atoms with van der Waals surface area (Å²) in [5, 5.41) is 11.4. The van der Waals surface area contributed by atoms with E-state index in [-0.39, 0.29) is 41.9 Å². The van der Waals surface area contributed by atoms with Crippen LogP contribution < -0.4 is 21.3 Å². The Kier molecular flexibility index (Phi) is 11.9. The molecule has 282 valence electrons. The van der Waals surface area contributed by atoms with Gasteiger partial charge < -0.3 is 26.2 Å². The van der Waals surface area contributed by atoms with Gasteiger partial charge in [0, 0.05) is 13.1 Å². The monoisotopic (exact) mass is 719 g/mol. The molecule has 1 heterocycles. The number of hydrogen-bond acceptors (Lipinski definition) is 7. The summed E-state index contributed by atoms with van der Waals surface area (Å²) in [7, 11) is -3.56. The fourth-order valence-electron chi connectivity index (χ4n) is 8.73. The zero-order valence-electron chi connectivity index (χ0n) is 31.3. The van der Waals surface area contributed by atoms with Crippen LogP contribution in [0.5, 0.6) is 0 Å². The Hall–Kier alpha value is -2.96. The highest BCUT2D eigenvalue weighted by Gasteiger charge is 2.70. The van der Waals surface area contributed by atoms with Gasteiger partial charge >= 0.3 is 6.03 Å². The number of fused-ring (bicyclic) bond motifs is 1. The molecule has 1 aliphatic heterocycles. The predicted molar refractivity (Wildman–Crippen MR) is 193 cm³/mol. The highest BCUT2D eigenvalue weighted by Crippen LogP contribution is 2.65. The van der Waals surface area contributed by atoms with E-state index in [1.54, 1.807) is 25.7 Å². The molecule has 3 aliphatic carbocycles. The van der Waals surface area contributed by atoms with Gasteiger partial charge in [-0.2, -0.15) is 0 Å². The van der Waals surface area contributed by atoms with Gasteiger partial charge in [-0.25, -0.2) is 13.2 Å². The fraction of sp³-hybridized carbons (Fsp3) is 0.811. The first-order valence-electron chi connectivity index (χ1n) is 18.6. The van der Waals surface area contributed by atoms with Crippen molar-refractivity contribution in [3.8, 4) is 0 Å². The van der Waals surface area contributed by atoms with E-state index >= 15 is 0 Å². The molecule has 0 spiro atoms. The van der Waals surface area contributed by atoms with E-state index < -0.39 is 67.3 Å². The summed E-state index contributed by atoms with van der Waals surface area (Å²) in [6, 6.07) is -3.44. The number of likely N-dealkylation sites (tertiary alicyclic amines) is 1. The lowest BCUT2D eigenvalue weighted by Gasteiger charge is -2.42. The number of carbonyl (C=O) groups is 5. The number of Topliss-reactive ketones (excluding diaryl/α,β-unsaturated/α-hetero) is 1. The first-order chi connectivity index (χ1) is 23.2. The number of carbonyl (C=O) groups excluding carboxylic acids is 5. The van der Waals surface area contributed by atoms with E-state index in [9.17, 15) is 32.4 Å². The molecule has 5 amide bonds. The number of nitrogens with one attached hydrogen (secondary N) is 4. The topological polar surface area (TPSA) is 171 Å². The van der Waals surface area contributed by atoms with Crippen LogP contribution in [0.25, 0.3) is 0 Å². The Morgan fingerprint density at radius 2 is 1.54 bits per heavy atom. The average molecular weight is 720 g/mol. The third kappa shape index (κ3) is 8.23. The largest absolute Gasteiger partial charge is 0.346 e. The molecule has 1 saturated heterocycles. The van der Waals surface area contributed by atoms with E-state index in [4.69, 9.17) is 0 Å². The summed E-state index contributed by atoms with van der Waals surface area (Å²) in [5.41, 5.74) is -1.72. The van der Waals surface area contributed by atoms with Gasteiger partial charge in [-0.3, -0.25) is 19.2 Å². The van der Waals surface area contributed by atoms with E-state index in [0.29, 0.717) is 38.6 Å². The predicted octanol–water partition coefficient (Wildman–Crippen LogP) is 3.79. The maximum Gasteiger partial charge on any atom is 0.315 e. The second kappa shape index (κ2) is 14.9. The van der Waals surface area contributed by atoms with Crippen molar-refractivity contribution in [3.05, 3.63) is 12.7 Å². The molecule has 13 heteroatoms. The average Bonchev–Trinajstić information content (AvgIpc) is 3.39. The first-order valence-corrected chi connectivity index (χ1v) is 20.2. The molecule has 2 unspecified atom stereocenters. The zero-order valence-corrected chi connectivity index (χ0v) is 32.1. The van der Waals surface area contributed by atoms with Gasteiger partial charge in [0.15, 0.2) is 9.84 Å². The van der Waals surface area contributed by atoms with Crippen molar-refractivity contribution in [1.29, 1.82) is 0 Å². The Balaban J connectivity index is 1.59. The minimum absolute atomic E-state index is 0.0670. The van der Waals surface area contributed by atoms with Crippen LogP contribution in [0.3, 0.4) is 0 Å². The number of ketones is 1. The maximum absolute atomic E-state index is 14.7. The second-order valence-corrected chi connectivity index (χ2v) is 19.9. The summed E-state index contributed by atoms with van der Waals surface area (Å²) in [6.45, 7) is 17.0. The van der Waals surface area contributed by atoms with Gasteiger partial charge in [0.05, 0.1) is 22.1 Å². The SMILES string of the molecule is C=CCNC(=O)C(=O)C(CCC)NC(=O)[C@@H]1C2[C@H](CN1C(=O)[C@@H](NC(=O)NC1(CS(=O)(=O)C(C)(C)C)CCCCC1)C1(C)CCCC1)C2(C)C. The van der Waals surface area contributed by atoms with Crippen LogP contribution in [-0.4, -0.2) is 90.1 Å². The lowest BCUT2D eigenvalue weighted by Crippen LogP contribution is -2.64. The molecule has 0 aromatic carbocycles. The van der Waals surface area contributed by atoms with Crippen molar-refractivity contribution in [2.45, 2.75) is 148 Å². The van der Waals surface area contributed by atoms with E-state index in [2.05, 4.69) is 41.7 Å². The van der Waals surface area contributed by atoms with Gasteiger partial charge in [0.25, 0.3) is 5.91 Å². The smallest absolute Gasteiger partial charge is 0.315 e. The molecule has 50 heavy (non-hydrogen) atoms. The van der Waals surface area contributed by atoms with E-state index in [1.807, 2.05) is 13.8 Å². The molecule has 3 saturated carbocycles. The Morgan fingerprint density at radius 3 is 2.10 bits per heavy atom. The summed E-state index contributed by atoms with van der Waals surface area (Å²) in [5.74, 6) is -2.63. The lowest BCUT2D eigenvalue weighted by atomic mass is 9.79. The quantitative estimate of drug-likeness (QED) is 0.156. The number of rotatable bonds is 14. The van der Waals surface area contributed by atoms with E-state index in [0.717, 1.165) is 32.1 Å². The number of sulfone groups is 1. The normalized spacial score (nSPS) is 26.1. The van der Waals surface area contributed by atoms with Crippen molar-refractivity contribution in [1.82, 2.24) is 26.2 Å². The standard InChI is InChI=1S/C37H61N5O7S/c1-9-16-25(28(43)31(45)38-21-10-2)39-30(44)27-26-24(35(26,6)7)22-42(27)32(46)29(36(8)17-14-15-18-36)40-33(47)41-37(19-12-11-13-20-37)23-50(48,49)34(3,4)5/h10,24-27,29H,2,9,11-23H2,1,3-8H3,(H,38,45)(H,39,44)(H2,40,41,47)/t24-,25?,26?,27-,29+/m0/s1. The molecule has 4 N–H and O–H groups in total. The number of nitrogens with zero attached hydrogens (tertiary/aromatic N) is 1. The third-order valence-electron chi connectivity index (χ3n) is 12.2. The highest BCUT2D eigenvalue weighted by atomic mass is 32.2. The van der Waals surface area contributed by atoms with Gasteiger partial charge in [-0.15, -0.1) is 6.58 Å². The molecular weight excluding hydrogens is 659 g/mol. The fourth-order valence-corrected chi connectivity index (χ4v) is 10.3. The molecule has 4 fully saturated rings. The van der Waals surface area contributed by atoms with Crippen LogP contribution in [0.2, 0.25) is 0 Å². The molecule has 5 atom stereocenters.